The van der Waals surface area contributed by atoms with Gasteiger partial charge >= 0.3 is 0 Å². The number of carbonyl (C=O) groups excluding carboxylic acids is 2. The highest BCUT2D eigenvalue weighted by Gasteiger charge is 2.19. The van der Waals surface area contributed by atoms with Crippen LogP contribution in [0.25, 0.3) is 0 Å². The summed E-state index contributed by atoms with van der Waals surface area (Å²) in [5.74, 6) is -1.04. The lowest BCUT2D eigenvalue weighted by molar-refractivity contribution is -0.116. The Hall–Kier alpha value is -1.55. The monoisotopic (exact) mass is 227 g/mol. The second-order valence-corrected chi connectivity index (χ2v) is 3.19. The van der Waals surface area contributed by atoms with Crippen LogP contribution < -0.4 is 10.1 Å². The Kier molecular flexibility index (Phi) is 3.68. The minimum absolute atomic E-state index is 0.157. The molecule has 0 radical (unpaired) electrons. The highest BCUT2D eigenvalue weighted by molar-refractivity contribution is 6.44. The van der Waals surface area contributed by atoms with Gasteiger partial charge < -0.3 is 10.1 Å². The molecule has 0 aliphatic rings. The topological polar surface area (TPSA) is 55.4 Å². The first-order valence-corrected chi connectivity index (χ1v) is 4.58. The van der Waals surface area contributed by atoms with Crippen molar-refractivity contribution in [2.75, 3.05) is 14.2 Å². The zero-order valence-corrected chi connectivity index (χ0v) is 9.09. The van der Waals surface area contributed by atoms with Crippen LogP contribution in [0.1, 0.15) is 10.4 Å². The average molecular weight is 228 g/mol. The quantitative estimate of drug-likeness (QED) is 0.625. The number of Topliss-reactive ketones (excluding diaryl/α,β-unsaturated/α-hetero) is 1. The van der Waals surface area contributed by atoms with Crippen LogP contribution in [0.2, 0.25) is 5.02 Å². The maximum Gasteiger partial charge on any atom is 0.292 e. The normalized spacial score (nSPS) is 9.53. The third-order valence-corrected chi connectivity index (χ3v) is 2.07. The molecule has 0 bridgehead atoms. The van der Waals surface area contributed by atoms with E-state index in [2.05, 4.69) is 5.32 Å². The lowest BCUT2D eigenvalue weighted by atomic mass is 10.1. The van der Waals surface area contributed by atoms with Gasteiger partial charge in [0.05, 0.1) is 12.7 Å². The summed E-state index contributed by atoms with van der Waals surface area (Å²) in [6.45, 7) is 0. The smallest absolute Gasteiger partial charge is 0.292 e. The van der Waals surface area contributed by atoms with Gasteiger partial charge in [-0.25, -0.2) is 0 Å². The van der Waals surface area contributed by atoms with Gasteiger partial charge in [-0.2, -0.15) is 0 Å². The summed E-state index contributed by atoms with van der Waals surface area (Å²) in [5, 5.41) is 2.62. The summed E-state index contributed by atoms with van der Waals surface area (Å²) in [6, 6.07) is 4.53. The molecule has 80 valence electrons. The minimum atomic E-state index is -0.699. The van der Waals surface area contributed by atoms with Gasteiger partial charge in [-0.3, -0.25) is 9.59 Å². The molecule has 5 heteroatoms. The Balaban J connectivity index is 3.17. The molecule has 0 atom stereocenters. The highest BCUT2D eigenvalue weighted by Crippen LogP contribution is 2.22. The van der Waals surface area contributed by atoms with Crippen LogP contribution in [-0.2, 0) is 4.79 Å². The predicted octanol–water partition coefficient (Wildman–Crippen LogP) is 1.28. The molecule has 0 aromatic heterocycles. The molecule has 0 unspecified atom stereocenters. The van der Waals surface area contributed by atoms with E-state index in [1.54, 1.807) is 12.1 Å². The highest BCUT2D eigenvalue weighted by atomic mass is 35.5. The average Bonchev–Trinajstić information content (AvgIpc) is 2.27. The fourth-order valence-electron chi connectivity index (χ4n) is 1.09. The molecule has 1 rings (SSSR count). The lowest BCUT2D eigenvalue weighted by Crippen LogP contribution is -2.27. The molecule has 0 aliphatic carbocycles. The van der Waals surface area contributed by atoms with Crippen LogP contribution in [0, 0.1) is 0 Å². The van der Waals surface area contributed by atoms with Gasteiger partial charge in [0.15, 0.2) is 0 Å². The van der Waals surface area contributed by atoms with Gasteiger partial charge in [-0.05, 0) is 18.2 Å². The molecule has 1 amide bonds. The first-order valence-electron chi connectivity index (χ1n) is 4.20. The van der Waals surface area contributed by atoms with Crippen molar-refractivity contribution in [2.45, 2.75) is 0 Å². The van der Waals surface area contributed by atoms with Crippen LogP contribution in [0.3, 0.4) is 0 Å². The van der Waals surface area contributed by atoms with Crippen LogP contribution in [0.5, 0.6) is 5.75 Å². The van der Waals surface area contributed by atoms with E-state index in [4.69, 9.17) is 16.3 Å². The molecule has 0 spiro atoms. The third kappa shape index (κ3) is 2.47. The van der Waals surface area contributed by atoms with Gasteiger partial charge in [-0.15, -0.1) is 0 Å². The Morgan fingerprint density at radius 1 is 1.40 bits per heavy atom. The van der Waals surface area contributed by atoms with Crippen molar-refractivity contribution < 1.29 is 14.3 Å². The Bertz CT molecular complexity index is 404. The Morgan fingerprint density at radius 2 is 2.07 bits per heavy atom. The van der Waals surface area contributed by atoms with Gasteiger partial charge in [0.2, 0.25) is 0 Å². The first-order chi connectivity index (χ1) is 7.10. The van der Waals surface area contributed by atoms with Crippen LogP contribution in [0.4, 0.5) is 0 Å². The molecule has 1 aromatic rings. The number of halogens is 1. The zero-order valence-electron chi connectivity index (χ0n) is 8.33. The summed E-state index contributed by atoms with van der Waals surface area (Å²) >= 11 is 5.73. The summed E-state index contributed by atoms with van der Waals surface area (Å²) in [5.41, 5.74) is 0.157. The lowest BCUT2D eigenvalue weighted by Gasteiger charge is -2.06. The van der Waals surface area contributed by atoms with Crippen LogP contribution >= 0.6 is 11.6 Å². The van der Waals surface area contributed by atoms with Crippen molar-refractivity contribution in [1.82, 2.24) is 5.32 Å². The molecule has 4 nitrogen and oxygen atoms in total. The number of methoxy groups -OCH3 is 1. The van der Waals surface area contributed by atoms with Crippen LogP contribution in [-0.4, -0.2) is 25.8 Å². The number of benzene rings is 1. The van der Waals surface area contributed by atoms with Gasteiger partial charge in [-0.1, -0.05) is 11.6 Å². The molecule has 0 heterocycles. The largest absolute Gasteiger partial charge is 0.496 e. The summed E-state index contributed by atoms with van der Waals surface area (Å²) < 4.78 is 4.96. The summed E-state index contributed by atoms with van der Waals surface area (Å²) in [7, 11) is 2.81. The maximum absolute atomic E-state index is 11.6. The van der Waals surface area contributed by atoms with E-state index in [0.717, 1.165) is 0 Å². The zero-order chi connectivity index (χ0) is 11.4. The summed E-state index contributed by atoms with van der Waals surface area (Å²) in [4.78, 5) is 22.7. The van der Waals surface area contributed by atoms with E-state index in [1.807, 2.05) is 0 Å². The molecular weight excluding hydrogens is 218 g/mol. The van der Waals surface area contributed by atoms with Gasteiger partial charge in [0.1, 0.15) is 5.75 Å². The van der Waals surface area contributed by atoms with E-state index in [-0.39, 0.29) is 5.56 Å². The number of ketones is 1. The standard InChI is InChI=1S/C10H10ClNO3/c1-12-10(14)9(13)7-5-6(11)3-4-8(7)15-2/h3-5H,1-2H3,(H,12,14). The Labute approximate surface area is 92.2 Å². The number of ether oxygens (including phenoxy) is 1. The molecular formula is C10H10ClNO3. The molecule has 0 fully saturated rings. The summed E-state index contributed by atoms with van der Waals surface area (Å²) in [6.07, 6.45) is 0. The fraction of sp³-hybridized carbons (Fsp3) is 0.200. The Morgan fingerprint density at radius 3 is 2.60 bits per heavy atom. The number of hydrogen-bond donors (Lipinski definition) is 1. The van der Waals surface area contributed by atoms with E-state index in [1.165, 1.54) is 20.2 Å². The number of hydrogen-bond acceptors (Lipinski definition) is 3. The minimum Gasteiger partial charge on any atom is -0.496 e. The van der Waals surface area contributed by atoms with Crippen molar-refractivity contribution in [2.24, 2.45) is 0 Å². The maximum atomic E-state index is 11.6. The van der Waals surface area contributed by atoms with Crippen molar-refractivity contribution in [3.63, 3.8) is 0 Å². The molecule has 1 N–H and O–H groups in total. The van der Waals surface area contributed by atoms with E-state index < -0.39 is 11.7 Å². The molecule has 0 saturated heterocycles. The van der Waals surface area contributed by atoms with E-state index >= 15 is 0 Å². The molecule has 0 aliphatic heterocycles. The van der Waals surface area contributed by atoms with E-state index in [9.17, 15) is 9.59 Å². The number of rotatable bonds is 3. The number of nitrogens with one attached hydrogen (secondary N) is 1. The second-order valence-electron chi connectivity index (χ2n) is 2.75. The van der Waals surface area contributed by atoms with Crippen molar-refractivity contribution in [1.29, 1.82) is 0 Å². The molecule has 15 heavy (non-hydrogen) atoms. The van der Waals surface area contributed by atoms with Crippen LogP contribution in [0.15, 0.2) is 18.2 Å². The van der Waals surface area contributed by atoms with Crippen molar-refractivity contribution >= 4 is 23.3 Å². The second kappa shape index (κ2) is 4.79. The van der Waals surface area contributed by atoms with Gasteiger partial charge in [0, 0.05) is 12.1 Å². The number of amides is 1. The molecule has 0 saturated carbocycles. The molecule has 1 aromatic carbocycles. The van der Waals surface area contributed by atoms with Crippen molar-refractivity contribution in [3.05, 3.63) is 28.8 Å². The van der Waals surface area contributed by atoms with Crippen molar-refractivity contribution in [3.8, 4) is 5.75 Å². The fourth-order valence-corrected chi connectivity index (χ4v) is 1.27. The van der Waals surface area contributed by atoms with Gasteiger partial charge in [0.25, 0.3) is 11.7 Å². The van der Waals surface area contributed by atoms with E-state index in [0.29, 0.717) is 10.8 Å². The predicted molar refractivity (Wildman–Crippen MR) is 56.4 cm³/mol. The number of likely N-dealkylation sites (N-methyl/N-ethyl adjacent to an activating group) is 1. The number of carbonyl (C=O) groups is 2. The first kappa shape index (κ1) is 11.5. The third-order valence-electron chi connectivity index (χ3n) is 1.84. The SMILES string of the molecule is CNC(=O)C(=O)c1cc(Cl)ccc1OC.